The molecule has 0 N–H and O–H groups in total. The molecule has 0 spiro atoms. The van der Waals surface area contributed by atoms with Gasteiger partial charge in [-0.15, -0.1) is 0 Å². The first-order valence-electron chi connectivity index (χ1n) is 8.39. The van der Waals surface area contributed by atoms with Crippen molar-refractivity contribution >= 4 is 5.91 Å². The first kappa shape index (κ1) is 17.8. The maximum absolute atomic E-state index is 12.7. The Morgan fingerprint density at radius 1 is 1.12 bits per heavy atom. The summed E-state index contributed by atoms with van der Waals surface area (Å²) in [7, 11) is 4.69. The van der Waals surface area contributed by atoms with E-state index < -0.39 is 18.3 Å². The fraction of sp³-hybridized carbons (Fsp3) is 0.611. The molecule has 0 bridgehead atoms. The number of carbonyl (C=O) groups is 1. The predicted molar refractivity (Wildman–Crippen MR) is 87.7 cm³/mol. The highest BCUT2D eigenvalue weighted by molar-refractivity contribution is 5.82. The summed E-state index contributed by atoms with van der Waals surface area (Å²) in [5.41, 5.74) is 2.02. The molecular formula is C18H23F2NO4. The van der Waals surface area contributed by atoms with Crippen LogP contribution in [0.3, 0.4) is 0 Å². The first-order chi connectivity index (χ1) is 12.0. The van der Waals surface area contributed by atoms with E-state index in [1.807, 2.05) is 6.07 Å². The maximum Gasteiger partial charge on any atom is 0.242 e. The third-order valence-corrected chi connectivity index (χ3v) is 5.10. The number of methoxy groups -OCH3 is 3. The highest BCUT2D eigenvalue weighted by Crippen LogP contribution is 2.46. The fourth-order valence-electron chi connectivity index (χ4n) is 3.61. The zero-order valence-corrected chi connectivity index (χ0v) is 14.7. The van der Waals surface area contributed by atoms with Crippen LogP contribution in [-0.2, 0) is 17.6 Å². The molecule has 1 aliphatic heterocycles. The molecule has 3 rings (SSSR count). The second-order valence-corrected chi connectivity index (χ2v) is 6.45. The largest absolute Gasteiger partial charge is 0.493 e. The van der Waals surface area contributed by atoms with Gasteiger partial charge in [-0.05, 0) is 30.9 Å². The van der Waals surface area contributed by atoms with Gasteiger partial charge in [0.05, 0.1) is 21.3 Å². The van der Waals surface area contributed by atoms with Crippen LogP contribution in [0, 0.1) is 11.8 Å². The summed E-state index contributed by atoms with van der Waals surface area (Å²) in [6, 6.07) is 1.91. The van der Waals surface area contributed by atoms with Gasteiger partial charge in [-0.25, -0.2) is 8.78 Å². The van der Waals surface area contributed by atoms with Crippen molar-refractivity contribution in [1.82, 2.24) is 4.90 Å². The zero-order valence-electron chi connectivity index (χ0n) is 14.7. The molecule has 1 aromatic carbocycles. The Balaban J connectivity index is 1.81. The number of alkyl halides is 2. The maximum atomic E-state index is 12.7. The minimum absolute atomic E-state index is 0.156. The molecule has 1 fully saturated rings. The topological polar surface area (TPSA) is 48.0 Å². The van der Waals surface area contributed by atoms with Gasteiger partial charge in [-0.2, -0.15) is 0 Å². The summed E-state index contributed by atoms with van der Waals surface area (Å²) in [5, 5.41) is 0. The van der Waals surface area contributed by atoms with Crippen molar-refractivity contribution in [3.63, 3.8) is 0 Å². The van der Waals surface area contributed by atoms with Crippen molar-refractivity contribution in [2.45, 2.75) is 25.7 Å². The van der Waals surface area contributed by atoms with Gasteiger partial charge in [0.25, 0.3) is 0 Å². The van der Waals surface area contributed by atoms with Gasteiger partial charge in [0, 0.05) is 30.5 Å². The van der Waals surface area contributed by atoms with Crippen LogP contribution in [0.1, 0.15) is 17.5 Å². The van der Waals surface area contributed by atoms with Crippen molar-refractivity contribution in [2.75, 3.05) is 34.4 Å². The van der Waals surface area contributed by atoms with Gasteiger partial charge in [-0.1, -0.05) is 0 Å². The normalized spacial score (nSPS) is 22.2. The third kappa shape index (κ3) is 3.24. The number of fused-ring (bicyclic) bond motifs is 1. The lowest BCUT2D eigenvalue weighted by Gasteiger charge is -2.20. The van der Waals surface area contributed by atoms with E-state index in [4.69, 9.17) is 14.2 Å². The summed E-state index contributed by atoms with van der Waals surface area (Å²) in [4.78, 5) is 14.2. The molecule has 0 aromatic heterocycles. The van der Waals surface area contributed by atoms with E-state index in [0.717, 1.165) is 11.1 Å². The molecule has 138 valence electrons. The quantitative estimate of drug-likeness (QED) is 0.814. The van der Waals surface area contributed by atoms with Crippen LogP contribution < -0.4 is 14.2 Å². The number of hydrogen-bond donors (Lipinski definition) is 0. The lowest BCUT2D eigenvalue weighted by molar-refractivity contribution is -0.133. The van der Waals surface area contributed by atoms with Crippen molar-refractivity contribution < 1.29 is 27.8 Å². The van der Waals surface area contributed by atoms with Gasteiger partial charge in [-0.3, -0.25) is 4.79 Å². The summed E-state index contributed by atoms with van der Waals surface area (Å²) in [6.45, 7) is 1.00. The number of ether oxygens (including phenoxy) is 3. The monoisotopic (exact) mass is 355 g/mol. The van der Waals surface area contributed by atoms with Crippen LogP contribution in [-0.4, -0.2) is 51.7 Å². The molecule has 1 aromatic rings. The smallest absolute Gasteiger partial charge is 0.242 e. The highest BCUT2D eigenvalue weighted by atomic mass is 19.3. The molecule has 5 nitrogen and oxygen atoms in total. The van der Waals surface area contributed by atoms with E-state index >= 15 is 0 Å². The van der Waals surface area contributed by atoms with E-state index in [0.29, 0.717) is 49.6 Å². The van der Waals surface area contributed by atoms with Crippen molar-refractivity contribution in [3.8, 4) is 17.2 Å². The number of amides is 1. The van der Waals surface area contributed by atoms with Gasteiger partial charge in [0.1, 0.15) is 0 Å². The summed E-state index contributed by atoms with van der Waals surface area (Å²) in [6.07, 6.45) is -0.891. The second kappa shape index (κ2) is 7.06. The summed E-state index contributed by atoms with van der Waals surface area (Å²) >= 11 is 0. The molecular weight excluding hydrogens is 332 g/mol. The molecule has 2 aliphatic rings. The van der Waals surface area contributed by atoms with Crippen LogP contribution in [0.2, 0.25) is 0 Å². The number of halogens is 2. The molecule has 1 saturated carbocycles. The molecule has 0 saturated heterocycles. The van der Waals surface area contributed by atoms with Gasteiger partial charge in [0.2, 0.25) is 18.1 Å². The Bertz CT molecular complexity index is 665. The average Bonchev–Trinajstić information content (AvgIpc) is 3.42. The Morgan fingerprint density at radius 3 is 2.36 bits per heavy atom. The molecule has 1 aliphatic carbocycles. The second-order valence-electron chi connectivity index (χ2n) is 6.45. The molecule has 25 heavy (non-hydrogen) atoms. The first-order valence-corrected chi connectivity index (χ1v) is 8.39. The number of nitrogens with zero attached hydrogens (tertiary/aromatic N) is 1. The minimum Gasteiger partial charge on any atom is -0.493 e. The van der Waals surface area contributed by atoms with Crippen LogP contribution in [0.15, 0.2) is 6.07 Å². The van der Waals surface area contributed by atoms with E-state index in [9.17, 15) is 13.6 Å². The fourth-order valence-corrected chi connectivity index (χ4v) is 3.61. The van der Waals surface area contributed by atoms with E-state index in [1.54, 1.807) is 26.2 Å². The van der Waals surface area contributed by atoms with Crippen LogP contribution >= 0.6 is 0 Å². The van der Waals surface area contributed by atoms with Crippen LogP contribution in [0.25, 0.3) is 0 Å². The van der Waals surface area contributed by atoms with E-state index in [-0.39, 0.29) is 5.91 Å². The number of hydrogen-bond acceptors (Lipinski definition) is 4. The summed E-state index contributed by atoms with van der Waals surface area (Å²) in [5.74, 6) is 0.278. The number of benzene rings is 1. The SMILES string of the molecule is COc1cc2c(c(OC)c1OC)CCN(C(=O)[C@H]1C[C@@H]1C(F)F)CC2. The number of rotatable bonds is 5. The third-order valence-electron chi connectivity index (χ3n) is 5.10. The highest BCUT2D eigenvalue weighted by Gasteiger charge is 2.50. The molecule has 0 radical (unpaired) electrons. The van der Waals surface area contributed by atoms with Gasteiger partial charge in [0.15, 0.2) is 11.5 Å². The molecule has 1 amide bonds. The molecule has 7 heteroatoms. The Hall–Kier alpha value is -2.05. The van der Waals surface area contributed by atoms with Crippen molar-refractivity contribution in [1.29, 1.82) is 0 Å². The predicted octanol–water partition coefficient (Wildman–Crippen LogP) is 2.54. The molecule has 1 heterocycles. The lowest BCUT2D eigenvalue weighted by atomic mass is 10.0. The van der Waals surface area contributed by atoms with Gasteiger partial charge >= 0.3 is 0 Å². The molecule has 0 unspecified atom stereocenters. The van der Waals surface area contributed by atoms with E-state index in [1.165, 1.54) is 0 Å². The Labute approximate surface area is 145 Å². The van der Waals surface area contributed by atoms with Crippen LogP contribution in [0.5, 0.6) is 17.2 Å². The Morgan fingerprint density at radius 2 is 1.80 bits per heavy atom. The minimum atomic E-state index is -2.41. The standard InChI is InChI=1S/C18H23F2NO4/c1-23-14-8-10-4-6-21(18(22)13-9-12(13)17(19)20)7-5-11(10)15(24-2)16(14)25-3/h8,12-13,17H,4-7,9H2,1-3H3/t12-,13-/m0/s1. The number of carbonyl (C=O) groups excluding carboxylic acids is 1. The molecule has 2 atom stereocenters. The lowest BCUT2D eigenvalue weighted by Crippen LogP contribution is -2.35. The van der Waals surface area contributed by atoms with Crippen LogP contribution in [0.4, 0.5) is 8.78 Å². The summed E-state index contributed by atoms with van der Waals surface area (Å²) < 4.78 is 41.8. The average molecular weight is 355 g/mol. The Kier molecular flexibility index (Phi) is 5.01. The van der Waals surface area contributed by atoms with Crippen molar-refractivity contribution in [3.05, 3.63) is 17.2 Å². The van der Waals surface area contributed by atoms with Crippen molar-refractivity contribution in [2.24, 2.45) is 11.8 Å². The zero-order chi connectivity index (χ0) is 18.1. The van der Waals surface area contributed by atoms with Gasteiger partial charge < -0.3 is 19.1 Å². The van der Waals surface area contributed by atoms with E-state index in [2.05, 4.69) is 0 Å².